The molecule has 2 aromatic carbocycles. The minimum Gasteiger partial charge on any atom is -0.322 e. The Morgan fingerprint density at radius 1 is 1.00 bits per heavy atom. The monoisotopic (exact) mass is 598 g/mol. The van der Waals surface area contributed by atoms with E-state index in [0.29, 0.717) is 11.3 Å². The van der Waals surface area contributed by atoms with Crippen molar-refractivity contribution in [2.24, 2.45) is 0 Å². The van der Waals surface area contributed by atoms with Crippen molar-refractivity contribution in [1.29, 1.82) is 5.26 Å². The van der Waals surface area contributed by atoms with Crippen molar-refractivity contribution in [3.05, 3.63) is 104 Å². The van der Waals surface area contributed by atoms with Gasteiger partial charge in [0.2, 0.25) is 0 Å². The van der Waals surface area contributed by atoms with E-state index < -0.39 is 5.91 Å². The topological polar surface area (TPSA) is 86.9 Å². The molecule has 2 heterocycles. The summed E-state index contributed by atoms with van der Waals surface area (Å²) in [7, 11) is 0. The number of nitriles is 1. The van der Waals surface area contributed by atoms with Crippen molar-refractivity contribution in [3.8, 4) is 11.1 Å². The molecule has 0 radical (unpaired) electrons. The number of halogens is 1. The highest BCUT2D eigenvalue weighted by atomic mass is 79.9. The number of carbonyl (C=O) groups excluding carboxylic acids is 2. The molecule has 5 rings (SSSR count). The average Bonchev–Trinajstić information content (AvgIpc) is 3.44. The van der Waals surface area contributed by atoms with E-state index in [9.17, 15) is 14.9 Å². The number of thiophene rings is 1. The number of aryl methyl sites for hydroxylation is 2. The van der Waals surface area contributed by atoms with Crippen molar-refractivity contribution in [2.75, 3.05) is 10.6 Å². The van der Waals surface area contributed by atoms with E-state index in [1.165, 1.54) is 4.88 Å². The number of fused-ring (bicyclic) bond motifs is 1. The van der Waals surface area contributed by atoms with Gasteiger partial charge in [0.25, 0.3) is 11.8 Å². The molecular weight excluding hydrogens is 572 g/mol. The van der Waals surface area contributed by atoms with Crippen LogP contribution in [-0.2, 0) is 17.6 Å². The van der Waals surface area contributed by atoms with Gasteiger partial charge in [-0.2, -0.15) is 5.26 Å². The quantitative estimate of drug-likeness (QED) is 0.177. The highest BCUT2D eigenvalue weighted by Gasteiger charge is 2.28. The second kappa shape index (κ2) is 11.4. The molecule has 0 atom stereocenters. The van der Waals surface area contributed by atoms with Gasteiger partial charge in [-0.15, -0.1) is 11.3 Å². The van der Waals surface area contributed by atoms with Crippen LogP contribution in [0.2, 0.25) is 0 Å². The number of hydrogen-bond acceptors (Lipinski definition) is 4. The summed E-state index contributed by atoms with van der Waals surface area (Å²) in [5, 5.41) is 16.5. The van der Waals surface area contributed by atoms with Crippen LogP contribution in [0.1, 0.15) is 50.6 Å². The molecule has 39 heavy (non-hydrogen) atoms. The van der Waals surface area contributed by atoms with Crippen LogP contribution in [0.25, 0.3) is 11.1 Å². The zero-order valence-corrected chi connectivity index (χ0v) is 24.1. The van der Waals surface area contributed by atoms with Crippen LogP contribution >= 0.6 is 27.3 Å². The summed E-state index contributed by atoms with van der Waals surface area (Å²) in [5.41, 5.74) is 5.76. The first-order chi connectivity index (χ1) is 18.9. The van der Waals surface area contributed by atoms with E-state index in [1.807, 2.05) is 68.4 Å². The molecule has 0 unspecified atom stereocenters. The lowest BCUT2D eigenvalue weighted by Crippen LogP contribution is -2.17. The van der Waals surface area contributed by atoms with Gasteiger partial charge in [-0.3, -0.25) is 9.59 Å². The molecule has 0 saturated carbocycles. The Labute approximate surface area is 240 Å². The predicted octanol–water partition coefficient (Wildman–Crippen LogP) is 7.59. The lowest BCUT2D eigenvalue weighted by atomic mass is 9.95. The maximum absolute atomic E-state index is 13.7. The molecule has 0 aliphatic heterocycles. The normalized spacial score (nSPS) is 12.9. The number of benzene rings is 2. The van der Waals surface area contributed by atoms with Gasteiger partial charge < -0.3 is 15.2 Å². The summed E-state index contributed by atoms with van der Waals surface area (Å²) in [6.07, 6.45) is 5.63. The summed E-state index contributed by atoms with van der Waals surface area (Å²) in [6, 6.07) is 20.7. The molecule has 196 valence electrons. The molecule has 0 spiro atoms. The van der Waals surface area contributed by atoms with Gasteiger partial charge in [-0.1, -0.05) is 34.1 Å². The molecule has 1 aliphatic rings. The zero-order chi connectivity index (χ0) is 27.5. The number of anilines is 2. The van der Waals surface area contributed by atoms with Crippen LogP contribution in [0.15, 0.2) is 70.7 Å². The van der Waals surface area contributed by atoms with Gasteiger partial charge >= 0.3 is 0 Å². The molecule has 2 aromatic heterocycles. The molecule has 2 amide bonds. The standard InChI is InChI=1S/C31H27BrN4O2S/c1-19-16-21(17-22(18-33)29(37)34-25-14-12-23(32)13-15-25)20(2)36(19)31-28(26-10-6-7-11-27(26)39-31)30(38)35-24-8-4-3-5-9-24/h3-5,8-9,12-17H,6-7,10-11H2,1-2H3,(H,34,37)(H,35,38)/b22-17-. The molecule has 8 heteroatoms. The minimum atomic E-state index is -0.473. The van der Waals surface area contributed by atoms with Crippen LogP contribution in [-0.4, -0.2) is 16.4 Å². The van der Waals surface area contributed by atoms with Gasteiger partial charge in [-0.25, -0.2) is 0 Å². The number of aromatic nitrogens is 1. The Hall–Kier alpha value is -3.93. The summed E-state index contributed by atoms with van der Waals surface area (Å²) >= 11 is 5.04. The Morgan fingerprint density at radius 3 is 2.41 bits per heavy atom. The average molecular weight is 600 g/mol. The van der Waals surface area contributed by atoms with Crippen molar-refractivity contribution in [2.45, 2.75) is 39.5 Å². The van der Waals surface area contributed by atoms with Gasteiger partial charge in [0, 0.05) is 32.1 Å². The second-order valence-electron chi connectivity index (χ2n) is 9.50. The van der Waals surface area contributed by atoms with Crippen LogP contribution < -0.4 is 10.6 Å². The molecule has 4 aromatic rings. The Bertz CT molecular complexity index is 1630. The summed E-state index contributed by atoms with van der Waals surface area (Å²) < 4.78 is 2.98. The van der Waals surface area contributed by atoms with Gasteiger partial charge in [0.05, 0.1) is 5.56 Å². The number of amides is 2. The van der Waals surface area contributed by atoms with Crippen molar-refractivity contribution >= 4 is 56.5 Å². The van der Waals surface area contributed by atoms with Crippen LogP contribution in [0.3, 0.4) is 0 Å². The Balaban J connectivity index is 1.52. The summed E-state index contributed by atoms with van der Waals surface area (Å²) in [4.78, 5) is 27.8. The van der Waals surface area contributed by atoms with Crippen molar-refractivity contribution < 1.29 is 9.59 Å². The van der Waals surface area contributed by atoms with Crippen molar-refractivity contribution in [1.82, 2.24) is 4.57 Å². The minimum absolute atomic E-state index is 0.00527. The Morgan fingerprint density at radius 2 is 1.69 bits per heavy atom. The van der Waals surface area contributed by atoms with Gasteiger partial charge in [-0.05, 0) is 99.2 Å². The number of para-hydroxylation sites is 1. The fraction of sp³-hybridized carbons (Fsp3) is 0.194. The first-order valence-corrected chi connectivity index (χ1v) is 14.4. The molecule has 0 bridgehead atoms. The van der Waals surface area contributed by atoms with E-state index >= 15 is 0 Å². The molecule has 1 aliphatic carbocycles. The number of nitrogens with zero attached hydrogens (tertiary/aromatic N) is 2. The maximum Gasteiger partial charge on any atom is 0.266 e. The zero-order valence-electron chi connectivity index (χ0n) is 21.7. The summed E-state index contributed by atoms with van der Waals surface area (Å²) in [5.74, 6) is -0.592. The molecular formula is C31H27BrN4O2S. The van der Waals surface area contributed by atoms with Crippen LogP contribution in [0, 0.1) is 25.2 Å². The molecule has 6 nitrogen and oxygen atoms in total. The highest BCUT2D eigenvalue weighted by Crippen LogP contribution is 2.39. The first-order valence-electron chi connectivity index (χ1n) is 12.7. The maximum atomic E-state index is 13.7. The molecule has 0 fully saturated rings. The van der Waals surface area contributed by atoms with E-state index in [4.69, 9.17) is 0 Å². The predicted molar refractivity (Wildman–Crippen MR) is 161 cm³/mol. The van der Waals surface area contributed by atoms with E-state index in [0.717, 1.165) is 63.4 Å². The summed E-state index contributed by atoms with van der Waals surface area (Å²) in [6.45, 7) is 3.94. The van der Waals surface area contributed by atoms with Gasteiger partial charge in [0.1, 0.15) is 16.6 Å². The van der Waals surface area contributed by atoms with Gasteiger partial charge in [0.15, 0.2) is 0 Å². The second-order valence-corrected chi connectivity index (χ2v) is 11.5. The van der Waals surface area contributed by atoms with E-state index in [-0.39, 0.29) is 11.5 Å². The third-order valence-electron chi connectivity index (χ3n) is 6.85. The lowest BCUT2D eigenvalue weighted by Gasteiger charge is -2.14. The lowest BCUT2D eigenvalue weighted by molar-refractivity contribution is -0.112. The first kappa shape index (κ1) is 26.7. The SMILES string of the molecule is Cc1cc(/C=C(/C#N)C(=O)Nc2ccc(Br)cc2)c(C)n1-c1sc2c(c1C(=O)Nc1ccccc1)CCCC2. The fourth-order valence-corrected chi connectivity index (χ4v) is 6.70. The number of carbonyl (C=O) groups is 2. The van der Waals surface area contributed by atoms with E-state index in [1.54, 1.807) is 29.5 Å². The third kappa shape index (κ3) is 5.60. The van der Waals surface area contributed by atoms with Crippen LogP contribution in [0.4, 0.5) is 11.4 Å². The highest BCUT2D eigenvalue weighted by molar-refractivity contribution is 9.10. The third-order valence-corrected chi connectivity index (χ3v) is 8.66. The largest absolute Gasteiger partial charge is 0.322 e. The molecule has 0 saturated heterocycles. The Kier molecular flexibility index (Phi) is 7.82. The number of nitrogens with one attached hydrogen (secondary N) is 2. The molecule has 2 N–H and O–H groups in total. The smallest absolute Gasteiger partial charge is 0.266 e. The van der Waals surface area contributed by atoms with Crippen LogP contribution in [0.5, 0.6) is 0 Å². The van der Waals surface area contributed by atoms with E-state index in [2.05, 4.69) is 31.1 Å². The van der Waals surface area contributed by atoms with Crippen molar-refractivity contribution in [3.63, 3.8) is 0 Å². The number of hydrogen-bond donors (Lipinski definition) is 2. The number of rotatable bonds is 6. The fourth-order valence-electron chi connectivity index (χ4n) is 4.94.